The van der Waals surface area contributed by atoms with Crippen molar-refractivity contribution in [1.29, 1.82) is 0 Å². The first kappa shape index (κ1) is 58.9. The molecular formula is C45H83N3O15P2. The number of anilines is 1. The highest BCUT2D eigenvalue weighted by Crippen LogP contribution is 2.60. The molecule has 1 fully saturated rings. The van der Waals surface area contributed by atoms with Gasteiger partial charge in [0, 0.05) is 19.0 Å². The van der Waals surface area contributed by atoms with E-state index in [9.17, 15) is 43.5 Å². The number of hydrogen-bond donors (Lipinski definition) is 5. The number of carbonyl (C=O) groups is 2. The molecule has 1 aromatic heterocycles. The van der Waals surface area contributed by atoms with Crippen LogP contribution in [0.5, 0.6) is 0 Å². The van der Waals surface area contributed by atoms with E-state index < -0.39 is 83.7 Å². The van der Waals surface area contributed by atoms with Gasteiger partial charge in [-0.2, -0.15) is 9.29 Å². The molecule has 1 aromatic rings. The van der Waals surface area contributed by atoms with Crippen LogP contribution in [0.4, 0.5) is 5.82 Å². The molecule has 0 amide bonds. The summed E-state index contributed by atoms with van der Waals surface area (Å²) >= 11 is 0. The lowest BCUT2D eigenvalue weighted by molar-refractivity contribution is -0.161. The summed E-state index contributed by atoms with van der Waals surface area (Å²) < 4.78 is 56.7. The van der Waals surface area contributed by atoms with Gasteiger partial charge in [0.15, 0.2) is 12.3 Å². The first-order valence-electron chi connectivity index (χ1n) is 24.3. The van der Waals surface area contributed by atoms with Gasteiger partial charge >= 0.3 is 33.3 Å². The highest BCUT2D eigenvalue weighted by molar-refractivity contribution is 7.61. The van der Waals surface area contributed by atoms with Crippen molar-refractivity contribution in [1.82, 2.24) is 9.55 Å². The van der Waals surface area contributed by atoms with Gasteiger partial charge in [-0.25, -0.2) is 13.9 Å². The summed E-state index contributed by atoms with van der Waals surface area (Å²) in [4.78, 5) is 61.8. The summed E-state index contributed by atoms with van der Waals surface area (Å²) in [5, 5.41) is 20.9. The van der Waals surface area contributed by atoms with Gasteiger partial charge in [0.25, 0.3) is 0 Å². The van der Waals surface area contributed by atoms with Crippen molar-refractivity contribution in [2.75, 3.05) is 25.6 Å². The molecule has 0 saturated carbocycles. The lowest BCUT2D eigenvalue weighted by Crippen LogP contribution is -2.36. The number of esters is 2. The monoisotopic (exact) mass is 968 g/mol. The first-order chi connectivity index (χ1) is 30.9. The second-order valence-electron chi connectivity index (χ2n) is 18.0. The number of nitrogens with zero attached hydrogens (tertiary/aromatic N) is 2. The summed E-state index contributed by atoms with van der Waals surface area (Å²) in [6, 6.07) is 1.25. The predicted molar refractivity (Wildman–Crippen MR) is 247 cm³/mol. The molecule has 0 bridgehead atoms. The van der Waals surface area contributed by atoms with Gasteiger partial charge in [-0.1, -0.05) is 163 Å². The number of aromatic nitrogens is 2. The van der Waals surface area contributed by atoms with Crippen molar-refractivity contribution in [3.05, 3.63) is 22.7 Å². The zero-order valence-electron chi connectivity index (χ0n) is 39.6. The zero-order chi connectivity index (χ0) is 48.1. The fourth-order valence-corrected chi connectivity index (χ4v) is 9.58. The smallest absolute Gasteiger partial charge is 0.462 e. The number of aliphatic hydroxyl groups is 2. The Kier molecular flexibility index (Phi) is 30.2. The average Bonchev–Trinajstić information content (AvgIpc) is 3.52. The minimum Gasteiger partial charge on any atom is -0.462 e. The number of rotatable bonds is 39. The van der Waals surface area contributed by atoms with Gasteiger partial charge in [0.05, 0.1) is 13.2 Å². The number of nitrogens with two attached hydrogens (primary N) is 1. The molecule has 8 atom stereocenters. The second kappa shape index (κ2) is 33.3. The largest absolute Gasteiger partial charge is 0.481 e. The second-order valence-corrected chi connectivity index (χ2v) is 21.1. The summed E-state index contributed by atoms with van der Waals surface area (Å²) in [6.45, 7) is 6.76. The third-order valence-electron chi connectivity index (χ3n) is 11.7. The van der Waals surface area contributed by atoms with E-state index >= 15 is 0 Å². The third-order valence-corrected chi connectivity index (χ3v) is 14.3. The van der Waals surface area contributed by atoms with Crippen LogP contribution < -0.4 is 11.4 Å². The zero-order valence-corrected chi connectivity index (χ0v) is 41.4. The fourth-order valence-electron chi connectivity index (χ4n) is 7.47. The summed E-state index contributed by atoms with van der Waals surface area (Å²) in [7, 11) is -10.8. The van der Waals surface area contributed by atoms with Crippen molar-refractivity contribution in [3.63, 3.8) is 0 Å². The summed E-state index contributed by atoms with van der Waals surface area (Å²) in [5.74, 6) is 0.264. The molecule has 0 aliphatic carbocycles. The molecule has 0 spiro atoms. The summed E-state index contributed by atoms with van der Waals surface area (Å²) in [5.41, 5.74) is 4.59. The van der Waals surface area contributed by atoms with Crippen molar-refractivity contribution >= 4 is 33.4 Å². The Morgan fingerprint density at radius 2 is 1.23 bits per heavy atom. The van der Waals surface area contributed by atoms with E-state index in [1.165, 1.54) is 95.7 Å². The fraction of sp³-hybridized carbons (Fsp3) is 0.867. The predicted octanol–water partition coefficient (Wildman–Crippen LogP) is 9.21. The van der Waals surface area contributed by atoms with E-state index in [4.69, 9.17) is 29.0 Å². The van der Waals surface area contributed by atoms with E-state index in [0.29, 0.717) is 12.8 Å². The van der Waals surface area contributed by atoms with Crippen LogP contribution in [0.25, 0.3) is 0 Å². The maximum atomic E-state index is 12.8. The molecule has 1 saturated heterocycles. The summed E-state index contributed by atoms with van der Waals surface area (Å²) in [6.07, 6.45) is 19.2. The van der Waals surface area contributed by atoms with Crippen LogP contribution in [0, 0.1) is 11.8 Å². The highest BCUT2D eigenvalue weighted by Gasteiger charge is 2.46. The topological polar surface area (TPSA) is 265 Å². The molecule has 1 aliphatic heterocycles. The molecule has 20 heteroatoms. The van der Waals surface area contributed by atoms with Crippen LogP contribution >= 0.6 is 15.6 Å². The quantitative estimate of drug-likeness (QED) is 0.0234. The molecule has 4 unspecified atom stereocenters. The van der Waals surface area contributed by atoms with Gasteiger partial charge in [-0.05, 0) is 30.7 Å². The highest BCUT2D eigenvalue weighted by atomic mass is 31.3. The number of carbonyl (C=O) groups excluding carboxylic acids is 2. The Morgan fingerprint density at radius 3 is 1.75 bits per heavy atom. The van der Waals surface area contributed by atoms with Crippen LogP contribution in [0.3, 0.4) is 0 Å². The molecule has 2 rings (SSSR count). The Bertz CT molecular complexity index is 1620. The molecule has 0 radical (unpaired) electrons. The average molecular weight is 968 g/mol. The lowest BCUT2D eigenvalue weighted by Gasteiger charge is -2.21. The van der Waals surface area contributed by atoms with Gasteiger partial charge in [0.1, 0.15) is 30.7 Å². The number of nitrogen functional groups attached to an aromatic ring is 1. The van der Waals surface area contributed by atoms with Crippen molar-refractivity contribution in [3.8, 4) is 0 Å². The van der Waals surface area contributed by atoms with Crippen LogP contribution in [-0.4, -0.2) is 85.7 Å². The van der Waals surface area contributed by atoms with Crippen molar-refractivity contribution in [2.24, 2.45) is 11.8 Å². The van der Waals surface area contributed by atoms with Gasteiger partial charge in [-0.15, -0.1) is 0 Å². The van der Waals surface area contributed by atoms with Crippen LogP contribution in [0.15, 0.2) is 17.1 Å². The third kappa shape index (κ3) is 27.4. The number of aliphatic hydroxyl groups excluding tert-OH is 2. The molecule has 1 aliphatic rings. The van der Waals surface area contributed by atoms with Crippen molar-refractivity contribution < 1.29 is 66.3 Å². The number of unbranched alkanes of at least 4 members (excludes halogenated alkanes) is 18. The van der Waals surface area contributed by atoms with Crippen LogP contribution in [0.1, 0.15) is 194 Å². The van der Waals surface area contributed by atoms with E-state index in [1.807, 2.05) is 0 Å². The van der Waals surface area contributed by atoms with Crippen LogP contribution in [-0.2, 0) is 46.3 Å². The Labute approximate surface area is 387 Å². The van der Waals surface area contributed by atoms with E-state index in [1.54, 1.807) is 0 Å². The minimum atomic E-state index is -5.42. The maximum Gasteiger partial charge on any atom is 0.481 e. The van der Waals surface area contributed by atoms with Gasteiger partial charge in [0.2, 0.25) is 0 Å². The number of phosphoric ester groups is 2. The van der Waals surface area contributed by atoms with Gasteiger partial charge in [-0.3, -0.25) is 23.2 Å². The molecule has 6 N–H and O–H groups in total. The molecule has 18 nitrogen and oxygen atoms in total. The normalized spacial score (nSPS) is 20.3. The Morgan fingerprint density at radius 1 is 0.738 bits per heavy atom. The van der Waals surface area contributed by atoms with E-state index in [0.717, 1.165) is 67.8 Å². The van der Waals surface area contributed by atoms with Gasteiger partial charge < -0.3 is 39.9 Å². The number of ether oxygens (including phenoxy) is 3. The van der Waals surface area contributed by atoms with E-state index in [-0.39, 0.29) is 18.7 Å². The van der Waals surface area contributed by atoms with Crippen LogP contribution in [0.2, 0.25) is 0 Å². The lowest BCUT2D eigenvalue weighted by atomic mass is 9.99. The molecular weight excluding hydrogens is 884 g/mol. The molecule has 378 valence electrons. The first-order valence-corrected chi connectivity index (χ1v) is 27.3. The maximum absolute atomic E-state index is 12.8. The number of phosphoric acid groups is 2. The molecule has 0 aromatic carbocycles. The minimum absolute atomic E-state index is 0.0558. The Balaban J connectivity index is 1.82. The molecule has 2 heterocycles. The number of hydrogen-bond acceptors (Lipinski definition) is 15. The van der Waals surface area contributed by atoms with E-state index in [2.05, 4.69) is 37.0 Å². The standard InChI is InChI=1S/C45H83N3O15P2/c1-5-36(4)27-23-19-15-12-13-16-20-24-28-40(49)58-32-37(61-41(50)29-25-21-17-11-9-7-6-8-10-14-18-22-26-35(2)3)33-59-64(54,55)63-65(56,57)60-34-38-42(51)43(52)44(62-38)48-31-30-39(46)47-45(48)53/h30-31,35-38,42-44,51-52H,5-29,32-34H2,1-4H3,(H,54,55)(H,56,57)(H2,46,47,53)/t36?,37-,38-,42+,43?,44-/m1/s1. The Hall–Kier alpha value is -2.24. The SMILES string of the molecule is CCC(C)CCCCCCCCCCC(=O)OC[C@H](COP(=O)(O)OP(=O)(O)OC[C@H]1O[C@@H](n2ccc(N)nc2=O)C(O)[C@H]1O)OC(=O)CCCCCCCCCCCCCCC(C)C. The molecule has 65 heavy (non-hydrogen) atoms. The van der Waals surface area contributed by atoms with Crippen molar-refractivity contribution in [2.45, 2.75) is 219 Å².